The fourth-order valence-electron chi connectivity index (χ4n) is 2.85. The molecule has 0 N–H and O–H groups in total. The molecule has 0 saturated heterocycles. The highest BCUT2D eigenvalue weighted by Crippen LogP contribution is 2.40. The zero-order chi connectivity index (χ0) is 16.1. The van der Waals surface area contributed by atoms with Crippen molar-refractivity contribution in [1.29, 1.82) is 0 Å². The second-order valence-corrected chi connectivity index (χ2v) is 7.60. The molecule has 0 saturated carbocycles. The Kier molecular flexibility index (Phi) is 5.57. The zero-order valence-electron chi connectivity index (χ0n) is 13.0. The molecule has 0 fully saturated rings. The number of carbonyl (C=O) groups is 1. The van der Waals surface area contributed by atoms with Gasteiger partial charge in [0.05, 0.1) is 11.3 Å². The fourth-order valence-corrected chi connectivity index (χ4v) is 4.40. The fraction of sp³-hybridized carbons (Fsp3) is 0.263. The molecule has 1 aliphatic rings. The van der Waals surface area contributed by atoms with Crippen molar-refractivity contribution in [2.75, 3.05) is 6.26 Å². The average Bonchev–Trinajstić information content (AvgIpc) is 3.10. The standard InChI is InChI=1S/C19H19NOS2/c1-22-19(21)23-18(15-10-6-3-7-11-15)17-13-12-16(20-17)14-8-4-2-5-9-14/h2-11,17-18H,12-13H2,1H3. The van der Waals surface area contributed by atoms with Crippen LogP contribution in [0.1, 0.15) is 29.2 Å². The maximum absolute atomic E-state index is 12.0. The van der Waals surface area contributed by atoms with Gasteiger partial charge in [-0.05, 0) is 30.2 Å². The first-order valence-corrected chi connectivity index (χ1v) is 9.80. The number of thioether (sulfide) groups is 2. The van der Waals surface area contributed by atoms with Crippen LogP contribution < -0.4 is 0 Å². The summed E-state index contributed by atoms with van der Waals surface area (Å²) in [4.78, 5) is 16.9. The van der Waals surface area contributed by atoms with Gasteiger partial charge in [0.25, 0.3) is 0 Å². The molecule has 2 atom stereocenters. The van der Waals surface area contributed by atoms with Gasteiger partial charge in [-0.2, -0.15) is 0 Å². The van der Waals surface area contributed by atoms with Crippen LogP contribution in [0.2, 0.25) is 0 Å². The normalized spacial score (nSPS) is 18.5. The van der Waals surface area contributed by atoms with E-state index in [1.54, 1.807) is 0 Å². The molecule has 3 rings (SSSR count). The summed E-state index contributed by atoms with van der Waals surface area (Å²) in [5.41, 5.74) is 3.54. The van der Waals surface area contributed by atoms with Crippen molar-refractivity contribution < 1.29 is 4.79 Å². The Labute approximate surface area is 145 Å². The van der Waals surface area contributed by atoms with Crippen LogP contribution >= 0.6 is 23.5 Å². The van der Waals surface area contributed by atoms with Crippen molar-refractivity contribution in [3.63, 3.8) is 0 Å². The van der Waals surface area contributed by atoms with E-state index in [4.69, 9.17) is 4.99 Å². The lowest BCUT2D eigenvalue weighted by molar-refractivity contribution is 0.276. The van der Waals surface area contributed by atoms with Crippen LogP contribution in [0.4, 0.5) is 4.79 Å². The molecule has 0 aliphatic carbocycles. The van der Waals surface area contributed by atoms with Gasteiger partial charge in [-0.15, -0.1) is 0 Å². The molecule has 1 aliphatic heterocycles. The molecule has 23 heavy (non-hydrogen) atoms. The first-order chi connectivity index (χ1) is 11.3. The van der Waals surface area contributed by atoms with Crippen LogP contribution in [0.25, 0.3) is 0 Å². The smallest absolute Gasteiger partial charge is 0.246 e. The van der Waals surface area contributed by atoms with Crippen LogP contribution in [-0.4, -0.2) is 22.5 Å². The number of aliphatic imine (C=N–C) groups is 1. The number of benzene rings is 2. The Morgan fingerprint density at radius 3 is 2.39 bits per heavy atom. The highest BCUT2D eigenvalue weighted by molar-refractivity contribution is 8.38. The van der Waals surface area contributed by atoms with E-state index in [0.717, 1.165) is 18.6 Å². The molecule has 0 radical (unpaired) electrons. The van der Waals surface area contributed by atoms with Crippen molar-refractivity contribution in [3.05, 3.63) is 71.8 Å². The number of hydrogen-bond acceptors (Lipinski definition) is 4. The molecule has 2 unspecified atom stereocenters. The van der Waals surface area contributed by atoms with E-state index in [0.29, 0.717) is 0 Å². The van der Waals surface area contributed by atoms with Crippen LogP contribution in [0.5, 0.6) is 0 Å². The predicted octanol–water partition coefficient (Wildman–Crippen LogP) is 5.60. The third-order valence-corrected chi connectivity index (χ3v) is 6.13. The summed E-state index contributed by atoms with van der Waals surface area (Å²) in [5, 5.41) is 0.0948. The quantitative estimate of drug-likeness (QED) is 0.725. The Hall–Kier alpha value is -1.52. The van der Waals surface area contributed by atoms with Gasteiger partial charge in [0.15, 0.2) is 0 Å². The molecule has 118 valence electrons. The lowest BCUT2D eigenvalue weighted by Crippen LogP contribution is -2.12. The van der Waals surface area contributed by atoms with Gasteiger partial charge >= 0.3 is 0 Å². The molecule has 0 aromatic heterocycles. The minimum absolute atomic E-state index is 0.0948. The third-order valence-electron chi connectivity index (χ3n) is 3.97. The maximum atomic E-state index is 12.0. The van der Waals surface area contributed by atoms with Gasteiger partial charge < -0.3 is 0 Å². The largest absolute Gasteiger partial charge is 0.284 e. The third kappa shape index (κ3) is 4.06. The minimum atomic E-state index is 0.0948. The van der Waals surface area contributed by atoms with Crippen molar-refractivity contribution >= 4 is 33.7 Å². The molecule has 0 spiro atoms. The van der Waals surface area contributed by atoms with E-state index in [1.165, 1.54) is 34.7 Å². The van der Waals surface area contributed by atoms with E-state index >= 15 is 0 Å². The van der Waals surface area contributed by atoms with E-state index in [9.17, 15) is 4.79 Å². The molecule has 2 aromatic carbocycles. The Morgan fingerprint density at radius 2 is 1.74 bits per heavy atom. The van der Waals surface area contributed by atoms with Crippen molar-refractivity contribution in [3.8, 4) is 0 Å². The first kappa shape index (κ1) is 16.3. The van der Waals surface area contributed by atoms with Crippen LogP contribution in [0, 0.1) is 0 Å². The molecule has 2 nitrogen and oxygen atoms in total. The molecular weight excluding hydrogens is 322 g/mol. The molecule has 1 heterocycles. The van der Waals surface area contributed by atoms with Crippen molar-refractivity contribution in [1.82, 2.24) is 0 Å². The molecule has 4 heteroatoms. The average molecular weight is 342 g/mol. The summed E-state index contributed by atoms with van der Waals surface area (Å²) in [6.07, 6.45) is 3.81. The lowest BCUT2D eigenvalue weighted by atomic mass is 10.0. The van der Waals surface area contributed by atoms with Gasteiger partial charge in [-0.25, -0.2) is 0 Å². The van der Waals surface area contributed by atoms with Gasteiger partial charge in [0, 0.05) is 5.71 Å². The molecule has 2 aromatic rings. The van der Waals surface area contributed by atoms with Gasteiger partial charge in [-0.3, -0.25) is 9.79 Å². The summed E-state index contributed by atoms with van der Waals surface area (Å²) < 4.78 is 0.155. The molecule has 0 bridgehead atoms. The second kappa shape index (κ2) is 7.84. The summed E-state index contributed by atoms with van der Waals surface area (Å²) in [5.74, 6) is 0. The SMILES string of the molecule is CSC(=O)SC(c1ccccc1)C1CCC(c2ccccc2)=N1. The monoisotopic (exact) mass is 341 g/mol. The Balaban J connectivity index is 1.86. The van der Waals surface area contributed by atoms with Gasteiger partial charge in [0.2, 0.25) is 4.45 Å². The highest BCUT2D eigenvalue weighted by Gasteiger charge is 2.30. The summed E-state index contributed by atoms with van der Waals surface area (Å²) in [6, 6.07) is 20.8. The highest BCUT2D eigenvalue weighted by atomic mass is 32.2. The maximum Gasteiger partial charge on any atom is 0.246 e. The van der Waals surface area contributed by atoms with Crippen molar-refractivity contribution in [2.45, 2.75) is 24.1 Å². The number of rotatable bonds is 4. The molecular formula is C19H19NOS2. The van der Waals surface area contributed by atoms with E-state index in [1.807, 2.05) is 42.7 Å². The van der Waals surface area contributed by atoms with E-state index < -0.39 is 0 Å². The van der Waals surface area contributed by atoms with Gasteiger partial charge in [0.1, 0.15) is 0 Å². The lowest BCUT2D eigenvalue weighted by Gasteiger charge is -2.20. The molecule has 0 amide bonds. The van der Waals surface area contributed by atoms with Crippen LogP contribution in [-0.2, 0) is 0 Å². The van der Waals surface area contributed by atoms with E-state index in [2.05, 4.69) is 24.3 Å². The number of hydrogen-bond donors (Lipinski definition) is 0. The zero-order valence-corrected chi connectivity index (χ0v) is 14.6. The Morgan fingerprint density at radius 1 is 1.09 bits per heavy atom. The predicted molar refractivity (Wildman–Crippen MR) is 102 cm³/mol. The second-order valence-electron chi connectivity index (χ2n) is 5.45. The summed E-state index contributed by atoms with van der Waals surface area (Å²) in [6.45, 7) is 0. The summed E-state index contributed by atoms with van der Waals surface area (Å²) in [7, 11) is 0. The van der Waals surface area contributed by atoms with Crippen LogP contribution in [0.15, 0.2) is 65.7 Å². The van der Waals surface area contributed by atoms with E-state index in [-0.39, 0.29) is 15.7 Å². The van der Waals surface area contributed by atoms with Crippen molar-refractivity contribution in [2.24, 2.45) is 4.99 Å². The topological polar surface area (TPSA) is 29.4 Å². The Bertz CT molecular complexity index is 685. The number of nitrogens with zero attached hydrogens (tertiary/aromatic N) is 1. The summed E-state index contributed by atoms with van der Waals surface area (Å²) >= 11 is 2.69. The van der Waals surface area contributed by atoms with Gasteiger partial charge in [-0.1, -0.05) is 84.2 Å². The number of carbonyl (C=O) groups excluding carboxylic acids is 1. The first-order valence-electron chi connectivity index (χ1n) is 7.69. The van der Waals surface area contributed by atoms with Crippen LogP contribution in [0.3, 0.4) is 0 Å². The minimum Gasteiger partial charge on any atom is -0.284 e.